The third-order valence-corrected chi connectivity index (χ3v) is 2.76. The zero-order chi connectivity index (χ0) is 12.1. The zero-order valence-corrected chi connectivity index (χ0v) is 9.94. The van der Waals surface area contributed by atoms with Crippen LogP contribution in [0.4, 0.5) is 0 Å². The molecule has 2 rings (SSSR count). The summed E-state index contributed by atoms with van der Waals surface area (Å²) in [7, 11) is 1.57. The number of carbonyl (C=O) groups excluding carboxylic acids is 1. The molecule has 0 bridgehead atoms. The van der Waals surface area contributed by atoms with Gasteiger partial charge < -0.3 is 9.47 Å². The van der Waals surface area contributed by atoms with Crippen LogP contribution in [0.1, 0.15) is 24.0 Å². The molecular formula is C14H16O3. The summed E-state index contributed by atoms with van der Waals surface area (Å²) >= 11 is 0. The van der Waals surface area contributed by atoms with E-state index in [9.17, 15) is 4.79 Å². The standard InChI is InChI=1S/C14H16O3/c1-16-10-9-14(15)17-13-8-4-6-11-5-2-3-7-12(11)13/h2,4-6,8H,3,7,9-10H2,1H3. The minimum Gasteiger partial charge on any atom is -0.426 e. The van der Waals surface area contributed by atoms with E-state index in [4.69, 9.17) is 9.47 Å². The van der Waals surface area contributed by atoms with E-state index in [0.717, 1.165) is 24.0 Å². The van der Waals surface area contributed by atoms with Gasteiger partial charge in [-0.15, -0.1) is 0 Å². The molecule has 3 nitrogen and oxygen atoms in total. The largest absolute Gasteiger partial charge is 0.426 e. The van der Waals surface area contributed by atoms with Crippen molar-refractivity contribution in [1.82, 2.24) is 0 Å². The Labute approximate surface area is 101 Å². The average molecular weight is 232 g/mol. The monoisotopic (exact) mass is 232 g/mol. The number of hydrogen-bond acceptors (Lipinski definition) is 3. The normalized spacial score (nSPS) is 13.2. The number of ether oxygens (including phenoxy) is 2. The van der Waals surface area contributed by atoms with Gasteiger partial charge in [0.2, 0.25) is 0 Å². The Hall–Kier alpha value is -1.61. The smallest absolute Gasteiger partial charge is 0.313 e. The highest BCUT2D eigenvalue weighted by atomic mass is 16.5. The molecule has 3 heteroatoms. The van der Waals surface area contributed by atoms with Crippen molar-refractivity contribution in [1.29, 1.82) is 0 Å². The molecule has 0 amide bonds. The maximum atomic E-state index is 11.5. The van der Waals surface area contributed by atoms with E-state index >= 15 is 0 Å². The lowest BCUT2D eigenvalue weighted by Crippen LogP contribution is -2.12. The van der Waals surface area contributed by atoms with Crippen molar-refractivity contribution in [2.45, 2.75) is 19.3 Å². The van der Waals surface area contributed by atoms with E-state index in [1.165, 1.54) is 0 Å². The van der Waals surface area contributed by atoms with Gasteiger partial charge in [-0.3, -0.25) is 4.79 Å². The summed E-state index contributed by atoms with van der Waals surface area (Å²) in [6.07, 6.45) is 6.43. The fourth-order valence-electron chi connectivity index (χ4n) is 1.90. The van der Waals surface area contributed by atoms with Gasteiger partial charge >= 0.3 is 5.97 Å². The van der Waals surface area contributed by atoms with Gasteiger partial charge in [-0.1, -0.05) is 24.3 Å². The molecule has 1 aliphatic rings. The van der Waals surface area contributed by atoms with Crippen LogP contribution in [0.5, 0.6) is 5.75 Å². The molecule has 1 aliphatic carbocycles. The van der Waals surface area contributed by atoms with Crippen molar-refractivity contribution in [3.8, 4) is 5.75 Å². The number of methoxy groups -OCH3 is 1. The maximum Gasteiger partial charge on any atom is 0.313 e. The number of carbonyl (C=O) groups is 1. The highest BCUT2D eigenvalue weighted by Crippen LogP contribution is 2.28. The zero-order valence-electron chi connectivity index (χ0n) is 9.94. The highest BCUT2D eigenvalue weighted by Gasteiger charge is 2.13. The Morgan fingerprint density at radius 2 is 2.29 bits per heavy atom. The van der Waals surface area contributed by atoms with Crippen molar-refractivity contribution >= 4 is 12.0 Å². The van der Waals surface area contributed by atoms with Crippen molar-refractivity contribution in [3.05, 3.63) is 35.4 Å². The van der Waals surface area contributed by atoms with E-state index in [2.05, 4.69) is 12.2 Å². The second-order valence-electron chi connectivity index (χ2n) is 3.98. The summed E-state index contributed by atoms with van der Waals surface area (Å²) in [6.45, 7) is 0.397. The van der Waals surface area contributed by atoms with E-state index in [-0.39, 0.29) is 12.4 Å². The molecule has 0 aromatic heterocycles. The van der Waals surface area contributed by atoms with Crippen molar-refractivity contribution < 1.29 is 14.3 Å². The summed E-state index contributed by atoms with van der Waals surface area (Å²) in [6, 6.07) is 5.80. The predicted octanol–water partition coefficient (Wildman–Crippen LogP) is 2.59. The molecule has 90 valence electrons. The number of allylic oxidation sites excluding steroid dienone is 1. The Morgan fingerprint density at radius 1 is 1.41 bits per heavy atom. The quantitative estimate of drug-likeness (QED) is 0.591. The molecule has 0 atom stereocenters. The van der Waals surface area contributed by atoms with Gasteiger partial charge in [-0.2, -0.15) is 0 Å². The van der Waals surface area contributed by atoms with Gasteiger partial charge in [0.05, 0.1) is 13.0 Å². The van der Waals surface area contributed by atoms with Gasteiger partial charge in [0.25, 0.3) is 0 Å². The molecule has 0 spiro atoms. The number of rotatable bonds is 4. The van der Waals surface area contributed by atoms with Gasteiger partial charge in [0.1, 0.15) is 5.75 Å². The van der Waals surface area contributed by atoms with Crippen LogP contribution >= 0.6 is 0 Å². The Balaban J connectivity index is 2.11. The van der Waals surface area contributed by atoms with Gasteiger partial charge in [-0.25, -0.2) is 0 Å². The molecule has 0 saturated carbocycles. The van der Waals surface area contributed by atoms with Gasteiger partial charge in [0, 0.05) is 12.7 Å². The van der Waals surface area contributed by atoms with Crippen LogP contribution < -0.4 is 4.74 Å². The first-order valence-electron chi connectivity index (χ1n) is 5.79. The molecule has 0 unspecified atom stereocenters. The molecule has 0 fully saturated rings. The van der Waals surface area contributed by atoms with E-state index < -0.39 is 0 Å². The molecule has 0 aliphatic heterocycles. The summed E-state index contributed by atoms with van der Waals surface area (Å²) in [5, 5.41) is 0. The van der Waals surface area contributed by atoms with Crippen LogP contribution in [0.2, 0.25) is 0 Å². The van der Waals surface area contributed by atoms with Crippen molar-refractivity contribution in [3.63, 3.8) is 0 Å². The molecule has 0 saturated heterocycles. The predicted molar refractivity (Wildman–Crippen MR) is 65.9 cm³/mol. The molecule has 0 heterocycles. The molecular weight excluding hydrogens is 216 g/mol. The van der Waals surface area contributed by atoms with Crippen LogP contribution in [0, 0.1) is 0 Å². The van der Waals surface area contributed by atoms with Crippen LogP contribution in [0.25, 0.3) is 6.08 Å². The fourth-order valence-corrected chi connectivity index (χ4v) is 1.90. The first-order valence-corrected chi connectivity index (χ1v) is 5.79. The van der Waals surface area contributed by atoms with E-state index in [1.54, 1.807) is 7.11 Å². The number of fused-ring (bicyclic) bond motifs is 1. The second kappa shape index (κ2) is 5.64. The molecule has 17 heavy (non-hydrogen) atoms. The summed E-state index contributed by atoms with van der Waals surface area (Å²) in [5.41, 5.74) is 2.27. The minimum absolute atomic E-state index is 0.241. The molecule has 0 radical (unpaired) electrons. The van der Waals surface area contributed by atoms with Gasteiger partial charge in [-0.05, 0) is 24.5 Å². The lowest BCUT2D eigenvalue weighted by molar-refractivity contribution is -0.135. The van der Waals surface area contributed by atoms with Crippen LogP contribution in [0.15, 0.2) is 24.3 Å². The third kappa shape index (κ3) is 2.94. The fraction of sp³-hybridized carbons (Fsp3) is 0.357. The van der Waals surface area contributed by atoms with Crippen LogP contribution in [0.3, 0.4) is 0 Å². The minimum atomic E-state index is -0.241. The van der Waals surface area contributed by atoms with Crippen molar-refractivity contribution in [2.75, 3.05) is 13.7 Å². The van der Waals surface area contributed by atoms with Crippen molar-refractivity contribution in [2.24, 2.45) is 0 Å². The van der Waals surface area contributed by atoms with Crippen LogP contribution in [-0.2, 0) is 16.0 Å². The lowest BCUT2D eigenvalue weighted by atomic mass is 9.97. The highest BCUT2D eigenvalue weighted by molar-refractivity contribution is 5.74. The lowest BCUT2D eigenvalue weighted by Gasteiger charge is -2.14. The summed E-state index contributed by atoms with van der Waals surface area (Å²) in [4.78, 5) is 11.5. The number of benzene rings is 1. The average Bonchev–Trinajstić information content (AvgIpc) is 2.37. The van der Waals surface area contributed by atoms with Gasteiger partial charge in [0.15, 0.2) is 0 Å². The number of esters is 1. The van der Waals surface area contributed by atoms with E-state index in [0.29, 0.717) is 12.4 Å². The topological polar surface area (TPSA) is 35.5 Å². The Morgan fingerprint density at radius 3 is 3.12 bits per heavy atom. The van der Waals surface area contributed by atoms with E-state index in [1.807, 2.05) is 18.2 Å². The summed E-state index contributed by atoms with van der Waals surface area (Å²) < 4.78 is 10.2. The maximum absolute atomic E-state index is 11.5. The summed E-state index contributed by atoms with van der Waals surface area (Å²) in [5.74, 6) is 0.447. The van der Waals surface area contributed by atoms with Crippen LogP contribution in [-0.4, -0.2) is 19.7 Å². The molecule has 0 N–H and O–H groups in total. The first-order chi connectivity index (χ1) is 8.31. The second-order valence-corrected chi connectivity index (χ2v) is 3.98. The molecule has 1 aromatic carbocycles. The first kappa shape index (κ1) is 11.9. The third-order valence-electron chi connectivity index (χ3n) is 2.76. The molecule has 1 aromatic rings. The number of hydrogen-bond donors (Lipinski definition) is 0. The SMILES string of the molecule is COCCC(=O)Oc1cccc2c1CCC=C2. The Kier molecular flexibility index (Phi) is 3.94. The Bertz CT molecular complexity index is 435.